The molecule has 4 aromatic rings. The lowest BCUT2D eigenvalue weighted by Crippen LogP contribution is -2.14. The van der Waals surface area contributed by atoms with Gasteiger partial charge in [0.15, 0.2) is 0 Å². The molecule has 0 unspecified atom stereocenters. The molecule has 4 aromatic carbocycles. The van der Waals surface area contributed by atoms with E-state index in [1.165, 1.54) is 0 Å². The van der Waals surface area contributed by atoms with Crippen LogP contribution >= 0.6 is 0 Å². The fourth-order valence-electron chi connectivity index (χ4n) is 3.01. The normalized spacial score (nSPS) is 10.8. The Bertz CT molecular complexity index is 1090. The first kappa shape index (κ1) is 14.3. The fourth-order valence-corrected chi connectivity index (χ4v) is 3.01. The summed E-state index contributed by atoms with van der Waals surface area (Å²) in [5, 5.41) is 3.76. The van der Waals surface area contributed by atoms with Crippen molar-refractivity contribution < 1.29 is 9.59 Å². The summed E-state index contributed by atoms with van der Waals surface area (Å²) in [6.07, 6.45) is 0. The average Bonchev–Trinajstić information content (AvgIpc) is 2.66. The number of carbonyl (C=O) groups is 2. The zero-order chi connectivity index (χ0) is 16.5. The van der Waals surface area contributed by atoms with Gasteiger partial charge in [0.25, 0.3) is 0 Å². The van der Waals surface area contributed by atoms with E-state index in [1.54, 1.807) is 18.2 Å². The van der Waals surface area contributed by atoms with Crippen molar-refractivity contribution in [3.05, 3.63) is 96.1 Å². The van der Waals surface area contributed by atoms with Crippen LogP contribution < -0.4 is 0 Å². The quantitative estimate of drug-likeness (QED) is 0.391. The maximum Gasteiger partial charge on any atom is 0.234 e. The summed E-state index contributed by atoms with van der Waals surface area (Å²) in [6.45, 7) is 0. The summed E-state index contributed by atoms with van der Waals surface area (Å²) in [4.78, 5) is 25.4. The van der Waals surface area contributed by atoms with Crippen LogP contribution in [0.2, 0.25) is 0 Å². The van der Waals surface area contributed by atoms with E-state index in [0.717, 1.165) is 21.5 Å². The van der Waals surface area contributed by atoms with Crippen molar-refractivity contribution in [3.8, 4) is 0 Å². The minimum Gasteiger partial charge on any atom is -0.285 e. The molecule has 0 amide bonds. The van der Waals surface area contributed by atoms with Crippen molar-refractivity contribution in [1.29, 1.82) is 0 Å². The Kier molecular flexibility index (Phi) is 3.43. The minimum absolute atomic E-state index is 0.423. The Labute approximate surface area is 139 Å². The Morgan fingerprint density at radius 2 is 1.21 bits per heavy atom. The largest absolute Gasteiger partial charge is 0.285 e. The highest BCUT2D eigenvalue weighted by Crippen LogP contribution is 2.22. The molecular weight excluding hydrogens is 296 g/mol. The van der Waals surface area contributed by atoms with E-state index >= 15 is 0 Å². The van der Waals surface area contributed by atoms with Gasteiger partial charge in [-0.3, -0.25) is 9.59 Å². The van der Waals surface area contributed by atoms with E-state index in [4.69, 9.17) is 0 Å². The molecule has 0 saturated carbocycles. The fraction of sp³-hybridized carbons (Fsp3) is 0. The molecular formula is C22H14O2. The Morgan fingerprint density at radius 1 is 0.542 bits per heavy atom. The predicted octanol–water partition coefficient (Wildman–Crippen LogP) is 5.06. The van der Waals surface area contributed by atoms with Crippen LogP contribution in [-0.2, 0) is 0 Å². The molecule has 2 nitrogen and oxygen atoms in total. The van der Waals surface area contributed by atoms with Gasteiger partial charge in [-0.2, -0.15) is 0 Å². The monoisotopic (exact) mass is 310 g/mol. The first-order valence-electron chi connectivity index (χ1n) is 7.79. The third kappa shape index (κ3) is 2.38. The molecule has 0 aliphatic rings. The minimum atomic E-state index is -0.475. The summed E-state index contributed by atoms with van der Waals surface area (Å²) >= 11 is 0. The first-order valence-corrected chi connectivity index (χ1v) is 7.79. The third-order valence-electron chi connectivity index (χ3n) is 4.25. The number of hydrogen-bond donors (Lipinski definition) is 0. The molecule has 0 radical (unpaired) electrons. The second-order valence-electron chi connectivity index (χ2n) is 5.75. The Morgan fingerprint density at radius 3 is 2.04 bits per heavy atom. The van der Waals surface area contributed by atoms with Gasteiger partial charge in [-0.25, -0.2) is 0 Å². The van der Waals surface area contributed by atoms with Crippen molar-refractivity contribution >= 4 is 33.1 Å². The van der Waals surface area contributed by atoms with Gasteiger partial charge in [0.05, 0.1) is 0 Å². The number of fused-ring (bicyclic) bond motifs is 2. The topological polar surface area (TPSA) is 34.1 Å². The van der Waals surface area contributed by atoms with Crippen molar-refractivity contribution in [2.24, 2.45) is 0 Å². The molecule has 0 bridgehead atoms. The molecule has 0 spiro atoms. The van der Waals surface area contributed by atoms with Gasteiger partial charge in [-0.1, -0.05) is 78.9 Å². The van der Waals surface area contributed by atoms with E-state index in [9.17, 15) is 9.59 Å². The molecule has 0 aliphatic heterocycles. The summed E-state index contributed by atoms with van der Waals surface area (Å²) in [5.74, 6) is -0.945. The highest BCUT2D eigenvalue weighted by Gasteiger charge is 2.20. The average molecular weight is 310 g/mol. The number of ketones is 2. The van der Waals surface area contributed by atoms with Gasteiger partial charge in [-0.05, 0) is 27.6 Å². The van der Waals surface area contributed by atoms with Crippen LogP contribution in [0.15, 0.2) is 84.9 Å². The standard InChI is InChI=1S/C22H14O2/c23-21(18-13-12-15-6-1-2-8-17(15)14-18)22(24)20-11-5-9-16-7-3-4-10-19(16)20/h1-14H. The van der Waals surface area contributed by atoms with Crippen LogP contribution in [-0.4, -0.2) is 11.6 Å². The first-order chi connectivity index (χ1) is 11.7. The Hall–Kier alpha value is -3.26. The maximum atomic E-state index is 12.7. The number of Topliss-reactive ketones (excluding diaryl/α,β-unsaturated/α-hetero) is 2. The van der Waals surface area contributed by atoms with Gasteiger partial charge in [0.1, 0.15) is 0 Å². The Balaban J connectivity index is 1.78. The second kappa shape index (κ2) is 5.74. The summed E-state index contributed by atoms with van der Waals surface area (Å²) in [7, 11) is 0. The van der Waals surface area contributed by atoms with Gasteiger partial charge < -0.3 is 0 Å². The number of hydrogen-bond acceptors (Lipinski definition) is 2. The lowest BCUT2D eigenvalue weighted by atomic mass is 9.95. The lowest BCUT2D eigenvalue weighted by molar-refractivity contribution is 0.0818. The van der Waals surface area contributed by atoms with Gasteiger partial charge in [0, 0.05) is 11.1 Å². The third-order valence-corrected chi connectivity index (χ3v) is 4.25. The summed E-state index contributed by atoms with van der Waals surface area (Å²) < 4.78 is 0. The zero-order valence-electron chi connectivity index (χ0n) is 12.9. The SMILES string of the molecule is O=C(C(=O)c1cccc2ccccc12)c1ccc2ccccc2c1. The van der Waals surface area contributed by atoms with Gasteiger partial charge >= 0.3 is 0 Å². The van der Waals surface area contributed by atoms with E-state index in [-0.39, 0.29) is 0 Å². The van der Waals surface area contributed by atoms with Crippen LogP contribution in [0.3, 0.4) is 0 Å². The molecule has 114 valence electrons. The van der Waals surface area contributed by atoms with Crippen molar-refractivity contribution in [2.75, 3.05) is 0 Å². The van der Waals surface area contributed by atoms with E-state index in [2.05, 4.69) is 0 Å². The van der Waals surface area contributed by atoms with Crippen LogP contribution in [0.1, 0.15) is 20.7 Å². The number of benzene rings is 4. The van der Waals surface area contributed by atoms with Crippen molar-refractivity contribution in [3.63, 3.8) is 0 Å². The predicted molar refractivity (Wildman–Crippen MR) is 96.6 cm³/mol. The highest BCUT2D eigenvalue weighted by molar-refractivity contribution is 6.51. The van der Waals surface area contributed by atoms with Crippen LogP contribution in [0, 0.1) is 0 Å². The second-order valence-corrected chi connectivity index (χ2v) is 5.75. The summed E-state index contributed by atoms with van der Waals surface area (Å²) in [6, 6.07) is 26.2. The van der Waals surface area contributed by atoms with Crippen molar-refractivity contribution in [1.82, 2.24) is 0 Å². The highest BCUT2D eigenvalue weighted by atomic mass is 16.2. The number of rotatable bonds is 3. The maximum absolute atomic E-state index is 12.7. The molecule has 0 atom stereocenters. The van der Waals surface area contributed by atoms with E-state index in [0.29, 0.717) is 11.1 Å². The molecule has 24 heavy (non-hydrogen) atoms. The zero-order valence-corrected chi connectivity index (χ0v) is 12.9. The molecule has 2 heteroatoms. The van der Waals surface area contributed by atoms with E-state index in [1.807, 2.05) is 66.7 Å². The van der Waals surface area contributed by atoms with Crippen LogP contribution in [0.5, 0.6) is 0 Å². The molecule has 0 aromatic heterocycles. The smallest absolute Gasteiger partial charge is 0.234 e. The molecule has 4 rings (SSSR count). The lowest BCUT2D eigenvalue weighted by Gasteiger charge is -2.06. The van der Waals surface area contributed by atoms with Crippen LogP contribution in [0.4, 0.5) is 0 Å². The summed E-state index contributed by atoms with van der Waals surface area (Å²) in [5.41, 5.74) is 0.873. The van der Waals surface area contributed by atoms with E-state index < -0.39 is 11.6 Å². The molecule has 0 N–H and O–H groups in total. The van der Waals surface area contributed by atoms with Crippen LogP contribution in [0.25, 0.3) is 21.5 Å². The van der Waals surface area contributed by atoms with Gasteiger partial charge in [-0.15, -0.1) is 0 Å². The molecule has 0 saturated heterocycles. The van der Waals surface area contributed by atoms with Gasteiger partial charge in [0.2, 0.25) is 11.6 Å². The molecule has 0 heterocycles. The number of carbonyl (C=O) groups excluding carboxylic acids is 2. The van der Waals surface area contributed by atoms with Crippen molar-refractivity contribution in [2.45, 2.75) is 0 Å². The molecule has 0 aliphatic carbocycles. The molecule has 0 fully saturated rings.